The topological polar surface area (TPSA) is 86.0 Å². The summed E-state index contributed by atoms with van der Waals surface area (Å²) in [4.78, 5) is 14.8. The third-order valence-electron chi connectivity index (χ3n) is 4.99. The minimum Gasteiger partial charge on any atom is -0.496 e. The van der Waals surface area contributed by atoms with Crippen LogP contribution in [0.4, 0.5) is 10.1 Å². The standard InChI is InChI=1S/C22H27ClFN3O4/c1-29-21-12-19(25)17(23)11-16(21)22(28)26-13-15-14-27(8-10-30-15)7-4-9-31-20-6-3-2-5-18(20)24/h2-3,5-6,11-12,15H,4,7-10,13-14,25H2,1H3,(H,26,28). The van der Waals surface area contributed by atoms with Crippen LogP contribution in [0.15, 0.2) is 36.4 Å². The number of anilines is 1. The van der Waals surface area contributed by atoms with Crippen molar-refractivity contribution in [3.8, 4) is 11.5 Å². The molecule has 0 spiro atoms. The average molecular weight is 452 g/mol. The van der Waals surface area contributed by atoms with Crippen LogP contribution in [0.5, 0.6) is 11.5 Å². The number of halogens is 2. The molecule has 2 aromatic carbocycles. The van der Waals surface area contributed by atoms with Gasteiger partial charge in [0.05, 0.1) is 42.7 Å². The van der Waals surface area contributed by atoms with Crippen molar-refractivity contribution in [2.24, 2.45) is 0 Å². The Morgan fingerprint density at radius 1 is 1.35 bits per heavy atom. The van der Waals surface area contributed by atoms with Gasteiger partial charge < -0.3 is 25.3 Å². The molecule has 1 amide bonds. The van der Waals surface area contributed by atoms with Crippen molar-refractivity contribution in [1.82, 2.24) is 10.2 Å². The van der Waals surface area contributed by atoms with Gasteiger partial charge in [-0.2, -0.15) is 0 Å². The first kappa shape index (κ1) is 23.1. The predicted octanol–water partition coefficient (Wildman–Crippen LogP) is 2.97. The molecular weight excluding hydrogens is 425 g/mol. The molecule has 3 N–H and O–H groups in total. The number of methoxy groups -OCH3 is 1. The summed E-state index contributed by atoms with van der Waals surface area (Å²) >= 11 is 6.04. The fraction of sp³-hybridized carbons (Fsp3) is 0.409. The number of carbonyl (C=O) groups excluding carboxylic acids is 1. The maximum atomic E-state index is 13.6. The molecule has 9 heteroatoms. The van der Waals surface area contributed by atoms with Crippen LogP contribution >= 0.6 is 11.6 Å². The highest BCUT2D eigenvalue weighted by molar-refractivity contribution is 6.33. The van der Waals surface area contributed by atoms with Crippen molar-refractivity contribution < 1.29 is 23.4 Å². The highest BCUT2D eigenvalue weighted by Gasteiger charge is 2.22. The Kier molecular flexibility index (Phi) is 8.34. The van der Waals surface area contributed by atoms with Gasteiger partial charge in [-0.1, -0.05) is 23.7 Å². The van der Waals surface area contributed by atoms with Crippen LogP contribution in [0.1, 0.15) is 16.8 Å². The SMILES string of the molecule is COc1cc(N)c(Cl)cc1C(=O)NCC1CN(CCCOc2ccccc2F)CCO1. The molecule has 1 heterocycles. The van der Waals surface area contributed by atoms with E-state index >= 15 is 0 Å². The van der Waals surface area contributed by atoms with E-state index in [2.05, 4.69) is 10.2 Å². The third kappa shape index (κ3) is 6.46. The molecule has 7 nitrogen and oxygen atoms in total. The zero-order chi connectivity index (χ0) is 22.2. The first-order valence-electron chi connectivity index (χ1n) is 10.1. The van der Waals surface area contributed by atoms with E-state index in [1.54, 1.807) is 18.2 Å². The van der Waals surface area contributed by atoms with Crippen molar-refractivity contribution in [3.05, 3.63) is 52.8 Å². The van der Waals surface area contributed by atoms with Gasteiger partial charge >= 0.3 is 0 Å². The van der Waals surface area contributed by atoms with Gasteiger partial charge in [0, 0.05) is 32.2 Å². The number of nitrogens with two attached hydrogens (primary N) is 1. The van der Waals surface area contributed by atoms with Crippen LogP contribution in [0.25, 0.3) is 0 Å². The monoisotopic (exact) mass is 451 g/mol. The fourth-order valence-corrected chi connectivity index (χ4v) is 3.52. The maximum absolute atomic E-state index is 13.6. The van der Waals surface area contributed by atoms with E-state index in [1.165, 1.54) is 25.3 Å². The van der Waals surface area contributed by atoms with Crippen LogP contribution in [0, 0.1) is 5.82 Å². The minimum absolute atomic E-state index is 0.138. The molecule has 3 rings (SSSR count). The van der Waals surface area contributed by atoms with E-state index in [0.29, 0.717) is 48.3 Å². The van der Waals surface area contributed by atoms with Crippen LogP contribution < -0.4 is 20.5 Å². The predicted molar refractivity (Wildman–Crippen MR) is 117 cm³/mol. The summed E-state index contributed by atoms with van der Waals surface area (Å²) in [6, 6.07) is 9.39. The van der Waals surface area contributed by atoms with Gasteiger partial charge in [0.25, 0.3) is 5.91 Å². The van der Waals surface area contributed by atoms with E-state index < -0.39 is 0 Å². The second-order valence-corrected chi connectivity index (χ2v) is 7.62. The molecule has 0 aliphatic carbocycles. The van der Waals surface area contributed by atoms with Crippen molar-refractivity contribution >= 4 is 23.2 Å². The Hall–Kier alpha value is -2.55. The molecule has 1 atom stereocenters. The van der Waals surface area contributed by atoms with Gasteiger partial charge in [-0.15, -0.1) is 0 Å². The molecule has 31 heavy (non-hydrogen) atoms. The number of benzene rings is 2. The normalized spacial score (nSPS) is 16.7. The number of amides is 1. The number of nitrogens with one attached hydrogen (secondary N) is 1. The first-order valence-corrected chi connectivity index (χ1v) is 10.5. The quantitative estimate of drug-likeness (QED) is 0.450. The van der Waals surface area contributed by atoms with Crippen LogP contribution in [-0.4, -0.2) is 63.4 Å². The number of rotatable bonds is 9. The lowest BCUT2D eigenvalue weighted by Crippen LogP contribution is -2.47. The average Bonchev–Trinajstić information content (AvgIpc) is 2.78. The number of ether oxygens (including phenoxy) is 3. The number of para-hydroxylation sites is 1. The van der Waals surface area contributed by atoms with Crippen molar-refractivity contribution in [2.45, 2.75) is 12.5 Å². The lowest BCUT2D eigenvalue weighted by Gasteiger charge is -2.33. The highest BCUT2D eigenvalue weighted by atomic mass is 35.5. The molecule has 2 aromatic rings. The molecular formula is C22H27ClFN3O4. The van der Waals surface area contributed by atoms with Crippen molar-refractivity contribution in [3.63, 3.8) is 0 Å². The maximum Gasteiger partial charge on any atom is 0.255 e. The fourth-order valence-electron chi connectivity index (χ4n) is 3.36. The van der Waals surface area contributed by atoms with E-state index in [0.717, 1.165) is 19.5 Å². The van der Waals surface area contributed by atoms with Gasteiger partial charge in [0.15, 0.2) is 11.6 Å². The molecule has 1 saturated heterocycles. The van der Waals surface area contributed by atoms with E-state index in [1.807, 2.05) is 0 Å². The molecule has 0 radical (unpaired) electrons. The van der Waals surface area contributed by atoms with E-state index in [-0.39, 0.29) is 23.6 Å². The van der Waals surface area contributed by atoms with Gasteiger partial charge in [0.2, 0.25) is 0 Å². The minimum atomic E-state index is -0.358. The smallest absolute Gasteiger partial charge is 0.255 e. The van der Waals surface area contributed by atoms with Crippen molar-refractivity contribution in [2.75, 3.05) is 52.2 Å². The summed E-state index contributed by atoms with van der Waals surface area (Å²) in [7, 11) is 1.47. The number of morpholine rings is 1. The van der Waals surface area contributed by atoms with Gasteiger partial charge in [-0.25, -0.2) is 4.39 Å². The number of nitrogens with zero attached hydrogens (tertiary/aromatic N) is 1. The zero-order valence-electron chi connectivity index (χ0n) is 17.4. The highest BCUT2D eigenvalue weighted by Crippen LogP contribution is 2.28. The molecule has 0 saturated carbocycles. The molecule has 1 aliphatic heterocycles. The zero-order valence-corrected chi connectivity index (χ0v) is 18.2. The van der Waals surface area contributed by atoms with Crippen LogP contribution in [-0.2, 0) is 4.74 Å². The number of carbonyl (C=O) groups is 1. The molecule has 0 bridgehead atoms. The van der Waals surface area contributed by atoms with Crippen molar-refractivity contribution in [1.29, 1.82) is 0 Å². The van der Waals surface area contributed by atoms with Gasteiger partial charge in [-0.05, 0) is 24.6 Å². The van der Waals surface area contributed by atoms with Crippen LogP contribution in [0.3, 0.4) is 0 Å². The Balaban J connectivity index is 1.43. The number of hydrogen-bond donors (Lipinski definition) is 2. The summed E-state index contributed by atoms with van der Waals surface area (Å²) in [6.45, 7) is 3.63. The Morgan fingerprint density at radius 2 is 2.16 bits per heavy atom. The molecule has 0 aromatic heterocycles. The molecule has 1 unspecified atom stereocenters. The van der Waals surface area contributed by atoms with E-state index in [4.69, 9.17) is 31.5 Å². The molecule has 1 aliphatic rings. The van der Waals surface area contributed by atoms with Gasteiger partial charge in [0.1, 0.15) is 5.75 Å². The summed E-state index contributed by atoms with van der Waals surface area (Å²) in [5, 5.41) is 3.16. The summed E-state index contributed by atoms with van der Waals surface area (Å²) in [5.41, 5.74) is 6.43. The Bertz CT molecular complexity index is 899. The second kappa shape index (κ2) is 11.2. The second-order valence-electron chi connectivity index (χ2n) is 7.21. The Morgan fingerprint density at radius 3 is 2.94 bits per heavy atom. The number of nitrogen functional groups attached to an aromatic ring is 1. The third-order valence-corrected chi connectivity index (χ3v) is 5.32. The molecule has 1 fully saturated rings. The Labute approximate surface area is 186 Å². The summed E-state index contributed by atoms with van der Waals surface area (Å²) < 4.78 is 30.1. The number of hydrogen-bond acceptors (Lipinski definition) is 6. The summed E-state index contributed by atoms with van der Waals surface area (Å²) in [5.74, 6) is -0.0369. The lowest BCUT2D eigenvalue weighted by molar-refractivity contribution is -0.0274. The van der Waals surface area contributed by atoms with E-state index in [9.17, 15) is 9.18 Å². The first-order chi connectivity index (χ1) is 15.0. The van der Waals surface area contributed by atoms with Crippen LogP contribution in [0.2, 0.25) is 5.02 Å². The summed E-state index contributed by atoms with van der Waals surface area (Å²) in [6.07, 6.45) is 0.620. The van der Waals surface area contributed by atoms with Gasteiger partial charge in [-0.3, -0.25) is 9.69 Å². The largest absolute Gasteiger partial charge is 0.496 e. The lowest BCUT2D eigenvalue weighted by atomic mass is 10.1. The molecule has 168 valence electrons.